The van der Waals surface area contributed by atoms with Crippen molar-refractivity contribution in [2.75, 3.05) is 0 Å². The van der Waals surface area contributed by atoms with Crippen molar-refractivity contribution in [3.05, 3.63) is 0 Å². The first-order valence-corrected chi connectivity index (χ1v) is 5.55. The highest BCUT2D eigenvalue weighted by Crippen LogP contribution is 2.09. The minimum absolute atomic E-state index is 0.651. The summed E-state index contributed by atoms with van der Waals surface area (Å²) in [7, 11) is 0. The van der Waals surface area contributed by atoms with Crippen LogP contribution in [0.1, 0.15) is 19.8 Å². The fraction of sp³-hybridized carbons (Fsp3) is 0.600. The number of carbonyl (C=O) groups is 4. The van der Waals surface area contributed by atoms with E-state index in [1.807, 2.05) is 0 Å². The molecule has 0 amide bonds. The Kier molecular flexibility index (Phi) is 7.18. The van der Waals surface area contributed by atoms with Gasteiger partial charge in [-0.05, 0) is 6.92 Å². The third-order valence-corrected chi connectivity index (χ3v) is 2.48. The summed E-state index contributed by atoms with van der Waals surface area (Å²) >= 11 is 0. The van der Waals surface area contributed by atoms with E-state index in [0.29, 0.717) is 0 Å². The van der Waals surface area contributed by atoms with Crippen LogP contribution in [0.4, 0.5) is 0 Å². The van der Waals surface area contributed by atoms with E-state index in [-0.39, 0.29) is 0 Å². The van der Waals surface area contributed by atoms with Gasteiger partial charge in [0.25, 0.3) is 0 Å². The number of hydrogen-bond acceptors (Lipinski definition) is 6. The van der Waals surface area contributed by atoms with Gasteiger partial charge >= 0.3 is 23.9 Å². The number of hydrogen-bond donors (Lipinski definition) is 6. The van der Waals surface area contributed by atoms with E-state index in [9.17, 15) is 19.2 Å². The van der Waals surface area contributed by atoms with Gasteiger partial charge in [-0.2, -0.15) is 0 Å². The highest BCUT2D eigenvalue weighted by Gasteiger charge is 2.29. The van der Waals surface area contributed by atoms with Crippen molar-refractivity contribution in [1.82, 2.24) is 10.9 Å². The van der Waals surface area contributed by atoms with Gasteiger partial charge in [0.15, 0.2) is 0 Å². The summed E-state index contributed by atoms with van der Waals surface area (Å²) in [5.74, 6) is -6.75. The lowest BCUT2D eigenvalue weighted by Gasteiger charge is -2.22. The molecule has 0 saturated carbocycles. The van der Waals surface area contributed by atoms with Crippen LogP contribution in [0.15, 0.2) is 0 Å². The van der Waals surface area contributed by atoms with Crippen molar-refractivity contribution in [1.29, 1.82) is 0 Å². The first-order valence-electron chi connectivity index (χ1n) is 5.55. The molecule has 0 fully saturated rings. The standard InChI is InChI=1S/C10H16N2O8/c1-4(5(9(17)18)2-7(13)14)11-12-6(10(19)20)3-8(15)16/h4-6,11-12H,2-3H2,1H3,(H,13,14)(H,15,16)(H,17,18)(H,19,20)/t4-,5-,6+/m1/s1. The van der Waals surface area contributed by atoms with Crippen molar-refractivity contribution in [2.45, 2.75) is 31.8 Å². The molecule has 3 atom stereocenters. The van der Waals surface area contributed by atoms with E-state index in [0.717, 1.165) is 0 Å². The maximum atomic E-state index is 10.9. The van der Waals surface area contributed by atoms with Crippen LogP contribution in [-0.4, -0.2) is 56.4 Å². The second-order valence-corrected chi connectivity index (χ2v) is 4.11. The lowest BCUT2D eigenvalue weighted by molar-refractivity contribution is -0.149. The zero-order chi connectivity index (χ0) is 15.9. The van der Waals surface area contributed by atoms with Crippen LogP contribution in [-0.2, 0) is 19.2 Å². The molecular weight excluding hydrogens is 276 g/mol. The number of nitrogens with one attached hydrogen (secondary N) is 2. The summed E-state index contributed by atoms with van der Waals surface area (Å²) < 4.78 is 0. The van der Waals surface area contributed by atoms with Crippen LogP contribution in [0.3, 0.4) is 0 Å². The minimum Gasteiger partial charge on any atom is -0.481 e. The molecule has 0 unspecified atom stereocenters. The summed E-state index contributed by atoms with van der Waals surface area (Å²) in [6.45, 7) is 1.34. The van der Waals surface area contributed by atoms with Crippen LogP contribution in [0.5, 0.6) is 0 Å². The second-order valence-electron chi connectivity index (χ2n) is 4.11. The van der Waals surface area contributed by atoms with Crippen LogP contribution in [0.25, 0.3) is 0 Å². The highest BCUT2D eigenvalue weighted by atomic mass is 16.4. The Balaban J connectivity index is 4.58. The van der Waals surface area contributed by atoms with Crippen LogP contribution in [0, 0.1) is 5.92 Å². The van der Waals surface area contributed by atoms with Crippen molar-refractivity contribution in [3.63, 3.8) is 0 Å². The number of hydrazine groups is 1. The Bertz CT molecular complexity index is 397. The Morgan fingerprint density at radius 3 is 1.70 bits per heavy atom. The van der Waals surface area contributed by atoms with Gasteiger partial charge in [-0.3, -0.25) is 24.6 Å². The largest absolute Gasteiger partial charge is 0.481 e. The van der Waals surface area contributed by atoms with E-state index in [1.165, 1.54) is 6.92 Å². The van der Waals surface area contributed by atoms with Crippen LogP contribution < -0.4 is 10.9 Å². The minimum atomic E-state index is -1.46. The fourth-order valence-electron chi connectivity index (χ4n) is 1.37. The normalized spacial score (nSPS) is 15.1. The molecule has 0 aliphatic heterocycles. The van der Waals surface area contributed by atoms with Crippen LogP contribution >= 0.6 is 0 Å². The smallest absolute Gasteiger partial charge is 0.322 e. The lowest BCUT2D eigenvalue weighted by Crippen LogP contribution is -2.53. The summed E-state index contributed by atoms with van der Waals surface area (Å²) in [5.41, 5.74) is 4.49. The zero-order valence-corrected chi connectivity index (χ0v) is 10.6. The molecule has 20 heavy (non-hydrogen) atoms. The fourth-order valence-corrected chi connectivity index (χ4v) is 1.37. The Morgan fingerprint density at radius 2 is 1.35 bits per heavy atom. The van der Waals surface area contributed by atoms with Gasteiger partial charge < -0.3 is 20.4 Å². The molecule has 0 aromatic carbocycles. The first kappa shape index (κ1) is 17.8. The molecule has 0 saturated heterocycles. The molecule has 6 N–H and O–H groups in total. The Labute approximate surface area is 113 Å². The third kappa shape index (κ3) is 6.66. The summed E-state index contributed by atoms with van der Waals surface area (Å²) in [6.07, 6.45) is -1.37. The predicted octanol–water partition coefficient (Wildman–Crippen LogP) is -1.43. The van der Waals surface area contributed by atoms with E-state index in [2.05, 4.69) is 10.9 Å². The number of aliphatic carboxylic acids is 4. The Morgan fingerprint density at radius 1 is 0.850 bits per heavy atom. The molecule has 114 valence electrons. The summed E-state index contributed by atoms with van der Waals surface area (Å²) in [6, 6.07) is -2.38. The molecule has 0 aromatic rings. The average molecular weight is 292 g/mol. The predicted molar refractivity (Wildman–Crippen MR) is 62.8 cm³/mol. The van der Waals surface area contributed by atoms with E-state index < -0.39 is 54.7 Å². The molecule has 0 aliphatic carbocycles. The number of rotatable bonds is 10. The topological polar surface area (TPSA) is 173 Å². The van der Waals surface area contributed by atoms with Gasteiger partial charge in [0, 0.05) is 6.04 Å². The molecule has 0 spiro atoms. The maximum Gasteiger partial charge on any atom is 0.322 e. The molecule has 0 aromatic heterocycles. The second kappa shape index (κ2) is 8.07. The van der Waals surface area contributed by atoms with Gasteiger partial charge in [-0.15, -0.1) is 0 Å². The summed E-state index contributed by atoms with van der Waals surface area (Å²) in [4.78, 5) is 42.6. The van der Waals surface area contributed by atoms with Crippen molar-refractivity contribution >= 4 is 23.9 Å². The van der Waals surface area contributed by atoms with Crippen molar-refractivity contribution in [2.24, 2.45) is 5.92 Å². The molecule has 0 aliphatic rings. The molecule has 10 heteroatoms. The van der Waals surface area contributed by atoms with Crippen molar-refractivity contribution < 1.29 is 39.6 Å². The Hall–Kier alpha value is -2.20. The maximum absolute atomic E-state index is 10.9. The third-order valence-electron chi connectivity index (χ3n) is 2.48. The highest BCUT2D eigenvalue weighted by molar-refractivity contribution is 5.80. The molecular formula is C10H16N2O8. The van der Waals surface area contributed by atoms with E-state index in [1.54, 1.807) is 0 Å². The first-order chi connectivity index (χ1) is 9.15. The van der Waals surface area contributed by atoms with Crippen molar-refractivity contribution in [3.8, 4) is 0 Å². The molecule has 0 rings (SSSR count). The van der Waals surface area contributed by atoms with E-state index in [4.69, 9.17) is 20.4 Å². The SMILES string of the molecule is C[C@@H](NN[C@@H](CC(=O)O)C(=O)O)[C@@H](CC(=O)O)C(=O)O. The van der Waals surface area contributed by atoms with Gasteiger partial charge in [-0.1, -0.05) is 0 Å². The quantitative estimate of drug-likeness (QED) is 0.262. The molecule has 0 bridgehead atoms. The molecule has 0 heterocycles. The lowest BCUT2D eigenvalue weighted by atomic mass is 9.98. The van der Waals surface area contributed by atoms with Gasteiger partial charge in [0.2, 0.25) is 0 Å². The van der Waals surface area contributed by atoms with Crippen LogP contribution in [0.2, 0.25) is 0 Å². The zero-order valence-electron chi connectivity index (χ0n) is 10.6. The molecule has 10 nitrogen and oxygen atoms in total. The average Bonchev–Trinajstić information content (AvgIpc) is 2.29. The van der Waals surface area contributed by atoms with E-state index >= 15 is 0 Å². The number of carboxylic acids is 4. The summed E-state index contributed by atoms with van der Waals surface area (Å²) in [5, 5.41) is 34.7. The van der Waals surface area contributed by atoms with Gasteiger partial charge in [0.1, 0.15) is 6.04 Å². The van der Waals surface area contributed by atoms with Gasteiger partial charge in [-0.25, -0.2) is 5.43 Å². The molecule has 0 radical (unpaired) electrons. The van der Waals surface area contributed by atoms with Gasteiger partial charge in [0.05, 0.1) is 18.8 Å². The number of carboxylic acid groups (broad SMARTS) is 4. The monoisotopic (exact) mass is 292 g/mol.